The van der Waals surface area contributed by atoms with Gasteiger partial charge in [0.25, 0.3) is 0 Å². The summed E-state index contributed by atoms with van der Waals surface area (Å²) in [5, 5.41) is 0.347. The zero-order chi connectivity index (χ0) is 9.80. The molecule has 0 spiro atoms. The van der Waals surface area contributed by atoms with Gasteiger partial charge in [-0.2, -0.15) is 0 Å². The highest BCUT2D eigenvalue weighted by molar-refractivity contribution is 6.21. The van der Waals surface area contributed by atoms with Crippen LogP contribution in [0.3, 0.4) is 0 Å². The Kier molecular flexibility index (Phi) is 3.47. The maximum Gasteiger partial charge on any atom is 0.0404 e. The van der Waals surface area contributed by atoms with Gasteiger partial charge in [0, 0.05) is 11.3 Å². The topological polar surface area (TPSA) is 0 Å². The largest absolute Gasteiger partial charge is 0.122 e. The van der Waals surface area contributed by atoms with E-state index >= 15 is 0 Å². The van der Waals surface area contributed by atoms with Crippen LogP contribution in [-0.4, -0.2) is 5.38 Å². The maximum absolute atomic E-state index is 6.42. The van der Waals surface area contributed by atoms with Gasteiger partial charge in [0.05, 0.1) is 0 Å². The molecule has 14 heavy (non-hydrogen) atoms. The molecule has 1 saturated carbocycles. The van der Waals surface area contributed by atoms with Gasteiger partial charge in [0.15, 0.2) is 0 Å². The van der Waals surface area contributed by atoms with E-state index < -0.39 is 0 Å². The summed E-state index contributed by atoms with van der Waals surface area (Å²) < 4.78 is 0. The van der Waals surface area contributed by atoms with E-state index in [-0.39, 0.29) is 0 Å². The number of hydrogen-bond acceptors (Lipinski definition) is 0. The smallest absolute Gasteiger partial charge is 0.0404 e. The predicted molar refractivity (Wildman–Crippen MR) is 61.9 cm³/mol. The fourth-order valence-corrected chi connectivity index (χ4v) is 2.76. The normalized spacial score (nSPS) is 28.4. The molecule has 0 aromatic heterocycles. The molecule has 0 bridgehead atoms. The highest BCUT2D eigenvalue weighted by Crippen LogP contribution is 2.34. The van der Waals surface area contributed by atoms with Crippen LogP contribution in [0, 0.1) is 0 Å². The molecule has 0 amide bonds. The van der Waals surface area contributed by atoms with Crippen molar-refractivity contribution in [1.29, 1.82) is 0 Å². The molecule has 2 unspecified atom stereocenters. The third-order valence-electron chi connectivity index (χ3n) is 3.16. The molecule has 1 aromatic carbocycles. The van der Waals surface area contributed by atoms with Gasteiger partial charge < -0.3 is 0 Å². The maximum atomic E-state index is 6.42. The van der Waals surface area contributed by atoms with Gasteiger partial charge in [-0.05, 0) is 18.4 Å². The lowest BCUT2D eigenvalue weighted by atomic mass is 9.91. The van der Waals surface area contributed by atoms with Gasteiger partial charge in [-0.15, -0.1) is 11.6 Å². The first-order valence-electron chi connectivity index (χ1n) is 5.57. The second kappa shape index (κ2) is 4.84. The van der Waals surface area contributed by atoms with E-state index in [1.807, 2.05) is 0 Å². The van der Waals surface area contributed by atoms with Crippen LogP contribution in [0.5, 0.6) is 0 Å². The highest BCUT2D eigenvalue weighted by Gasteiger charge is 2.22. The molecule has 1 aliphatic rings. The van der Waals surface area contributed by atoms with E-state index in [2.05, 4.69) is 30.3 Å². The van der Waals surface area contributed by atoms with Gasteiger partial charge in [0.1, 0.15) is 0 Å². The van der Waals surface area contributed by atoms with Crippen molar-refractivity contribution in [2.24, 2.45) is 0 Å². The van der Waals surface area contributed by atoms with E-state index in [4.69, 9.17) is 11.6 Å². The van der Waals surface area contributed by atoms with Crippen LogP contribution in [0.15, 0.2) is 30.3 Å². The Morgan fingerprint density at radius 2 is 1.64 bits per heavy atom. The molecule has 0 heterocycles. The Morgan fingerprint density at radius 3 is 2.43 bits per heavy atom. The van der Waals surface area contributed by atoms with Crippen molar-refractivity contribution in [3.05, 3.63) is 35.9 Å². The van der Waals surface area contributed by atoms with E-state index in [9.17, 15) is 0 Å². The minimum Gasteiger partial charge on any atom is -0.122 e. The fourth-order valence-electron chi connectivity index (χ4n) is 2.34. The van der Waals surface area contributed by atoms with Crippen molar-refractivity contribution < 1.29 is 0 Å². The van der Waals surface area contributed by atoms with E-state index in [0.717, 1.165) is 0 Å². The molecular formula is C13H17Cl. The van der Waals surface area contributed by atoms with E-state index in [1.165, 1.54) is 37.7 Å². The standard InChI is InChI=1S/C13H17Cl/c14-13-10-6-2-5-9-12(13)11-7-3-1-4-8-11/h1,3-4,7-8,12-13H,2,5-6,9-10H2. The molecule has 0 nitrogen and oxygen atoms in total. The molecule has 0 N–H and O–H groups in total. The molecular weight excluding hydrogens is 192 g/mol. The Morgan fingerprint density at radius 1 is 0.929 bits per heavy atom. The summed E-state index contributed by atoms with van der Waals surface area (Å²) in [6.45, 7) is 0. The lowest BCUT2D eigenvalue weighted by molar-refractivity contribution is 0.600. The van der Waals surface area contributed by atoms with Crippen LogP contribution in [0.4, 0.5) is 0 Å². The number of hydrogen-bond donors (Lipinski definition) is 0. The molecule has 1 fully saturated rings. The molecule has 1 aromatic rings. The Bertz CT molecular complexity index is 268. The molecule has 0 aliphatic heterocycles. The molecule has 2 atom stereocenters. The third-order valence-corrected chi connectivity index (χ3v) is 3.68. The Labute approximate surface area is 91.3 Å². The zero-order valence-corrected chi connectivity index (χ0v) is 9.21. The molecule has 0 radical (unpaired) electrons. The fraction of sp³-hybridized carbons (Fsp3) is 0.538. The zero-order valence-electron chi connectivity index (χ0n) is 8.45. The second-order valence-corrected chi connectivity index (χ2v) is 4.73. The minimum absolute atomic E-state index is 0.347. The summed E-state index contributed by atoms with van der Waals surface area (Å²) in [7, 11) is 0. The molecule has 1 aliphatic carbocycles. The summed E-state index contributed by atoms with van der Waals surface area (Å²) in [6.07, 6.45) is 6.44. The van der Waals surface area contributed by atoms with E-state index in [1.54, 1.807) is 0 Å². The highest BCUT2D eigenvalue weighted by atomic mass is 35.5. The summed E-state index contributed by atoms with van der Waals surface area (Å²) >= 11 is 6.42. The van der Waals surface area contributed by atoms with Crippen LogP contribution < -0.4 is 0 Å². The first-order valence-corrected chi connectivity index (χ1v) is 6.00. The van der Waals surface area contributed by atoms with Crippen LogP contribution in [0.2, 0.25) is 0 Å². The van der Waals surface area contributed by atoms with Crippen molar-refractivity contribution in [2.45, 2.75) is 43.4 Å². The quantitative estimate of drug-likeness (QED) is 0.476. The van der Waals surface area contributed by atoms with Crippen molar-refractivity contribution >= 4 is 11.6 Å². The average molecular weight is 209 g/mol. The van der Waals surface area contributed by atoms with Crippen LogP contribution in [0.25, 0.3) is 0 Å². The average Bonchev–Trinajstić information content (AvgIpc) is 2.44. The summed E-state index contributed by atoms with van der Waals surface area (Å²) in [5.74, 6) is 0.584. The SMILES string of the molecule is ClC1CCCCCC1c1ccccc1. The van der Waals surface area contributed by atoms with Crippen LogP contribution in [0.1, 0.15) is 43.6 Å². The van der Waals surface area contributed by atoms with Crippen molar-refractivity contribution in [2.75, 3.05) is 0 Å². The summed E-state index contributed by atoms with van der Waals surface area (Å²) in [6, 6.07) is 10.7. The van der Waals surface area contributed by atoms with Gasteiger partial charge in [-0.25, -0.2) is 0 Å². The molecule has 2 rings (SSSR count). The van der Waals surface area contributed by atoms with Crippen molar-refractivity contribution in [1.82, 2.24) is 0 Å². The first-order chi connectivity index (χ1) is 6.88. The van der Waals surface area contributed by atoms with Crippen molar-refractivity contribution in [3.8, 4) is 0 Å². The van der Waals surface area contributed by atoms with Gasteiger partial charge in [-0.1, -0.05) is 49.6 Å². The molecule has 0 saturated heterocycles. The van der Waals surface area contributed by atoms with Crippen molar-refractivity contribution in [3.63, 3.8) is 0 Å². The van der Waals surface area contributed by atoms with Crippen LogP contribution >= 0.6 is 11.6 Å². The lowest BCUT2D eigenvalue weighted by Crippen LogP contribution is -2.10. The van der Waals surface area contributed by atoms with Crippen LogP contribution in [-0.2, 0) is 0 Å². The van der Waals surface area contributed by atoms with E-state index in [0.29, 0.717) is 11.3 Å². The van der Waals surface area contributed by atoms with Gasteiger partial charge in [-0.3, -0.25) is 0 Å². The first kappa shape index (κ1) is 10.0. The second-order valence-electron chi connectivity index (χ2n) is 4.17. The Balaban J connectivity index is 2.15. The minimum atomic E-state index is 0.347. The predicted octanol–water partition coefficient (Wildman–Crippen LogP) is 4.34. The summed E-state index contributed by atoms with van der Waals surface area (Å²) in [4.78, 5) is 0. The number of halogens is 1. The molecule has 1 heteroatoms. The van der Waals surface area contributed by atoms with Gasteiger partial charge >= 0.3 is 0 Å². The lowest BCUT2D eigenvalue weighted by Gasteiger charge is -2.19. The Hall–Kier alpha value is -0.490. The number of benzene rings is 1. The summed E-state index contributed by atoms with van der Waals surface area (Å²) in [5.41, 5.74) is 1.43. The molecule has 76 valence electrons. The third kappa shape index (κ3) is 2.30. The van der Waals surface area contributed by atoms with Gasteiger partial charge in [0.2, 0.25) is 0 Å². The number of alkyl halides is 1. The monoisotopic (exact) mass is 208 g/mol. The number of rotatable bonds is 1.